The van der Waals surface area contributed by atoms with Crippen LogP contribution < -0.4 is 10.2 Å². The molecule has 0 aromatic carbocycles. The minimum absolute atomic E-state index is 0. The zero-order valence-corrected chi connectivity index (χ0v) is 9.10. The fourth-order valence-corrected chi connectivity index (χ4v) is 0.258. The van der Waals surface area contributed by atoms with Crippen LogP contribution in [0.4, 0.5) is 0 Å². The molecule has 0 aromatic heterocycles. The van der Waals surface area contributed by atoms with Crippen LogP contribution in [0.3, 0.4) is 0 Å². The summed E-state index contributed by atoms with van der Waals surface area (Å²) in [7, 11) is 0. The van der Waals surface area contributed by atoms with Crippen LogP contribution >= 0.6 is 0 Å². The first-order valence-electron chi connectivity index (χ1n) is 2.24. The zero-order chi connectivity index (χ0) is 8.31. The third-order valence-electron chi connectivity index (χ3n) is 0.782. The fourth-order valence-electron chi connectivity index (χ4n) is 0.258. The molecule has 0 amide bonds. The van der Waals surface area contributed by atoms with E-state index in [4.69, 9.17) is 10.2 Å². The Morgan fingerprint density at radius 1 is 0.857 bits per heavy atom. The second-order valence-electron chi connectivity index (χ2n) is 1.53. The van der Waals surface area contributed by atoms with Gasteiger partial charge in [-0.25, -0.2) is 0 Å². The van der Waals surface area contributed by atoms with Crippen LogP contribution in [0.5, 0.6) is 0 Å². The Balaban J connectivity index is -0.0000000675. The molecule has 0 heterocycles. The summed E-state index contributed by atoms with van der Waals surface area (Å²) in [6.07, 6.45) is -4.88. The molecule has 0 aromatic rings. The van der Waals surface area contributed by atoms with Crippen LogP contribution in [0.1, 0.15) is 0 Å². The molecule has 0 aliphatic carbocycles. The van der Waals surface area contributed by atoms with Gasteiger partial charge >= 0.3 is 37.7 Å². The molecule has 9 nitrogen and oxygen atoms in total. The van der Waals surface area contributed by atoms with Crippen LogP contribution in [0.2, 0.25) is 0 Å². The molecule has 10 heteroatoms. The molecule has 0 rings (SSSR count). The Morgan fingerprint density at radius 2 is 1.00 bits per heavy atom. The number of rotatable bonds is 3. The minimum Gasteiger partial charge on any atom is -0.547 e. The van der Waals surface area contributed by atoms with Gasteiger partial charge in [0.05, 0.1) is 11.9 Å². The standard InChI is InChI=1S/C4H6O6.Ca.3H2O/c5-1(3(7)8)2(6)4(9)10;;;;/h1-2,5-6H,(H,7,8)(H,9,10);;3*1H2/q;+2;;;/p-2/t1-,2+;;;;. The zero-order valence-electron chi connectivity index (χ0n) is 6.89. The fraction of sp³-hybridized carbons (Fsp3) is 0.500. The molecule has 2 atom stereocenters. The molecule has 0 aliphatic heterocycles. The quantitative estimate of drug-likeness (QED) is 0.457. The smallest absolute Gasteiger partial charge is 0.547 e. The van der Waals surface area contributed by atoms with Gasteiger partial charge in [0, 0.05) is 0 Å². The molecule has 0 spiro atoms. The van der Waals surface area contributed by atoms with Gasteiger partial charge in [-0.2, -0.15) is 0 Å². The van der Waals surface area contributed by atoms with E-state index in [0.717, 1.165) is 0 Å². The molecule has 0 saturated heterocycles. The summed E-state index contributed by atoms with van der Waals surface area (Å²) in [4.78, 5) is 19.3. The Kier molecular flexibility index (Phi) is 27.1. The van der Waals surface area contributed by atoms with Crippen molar-refractivity contribution in [2.45, 2.75) is 12.2 Å². The van der Waals surface area contributed by atoms with Crippen molar-refractivity contribution in [1.82, 2.24) is 0 Å². The maximum atomic E-state index is 9.63. The second-order valence-corrected chi connectivity index (χ2v) is 1.53. The molecule has 0 aliphatic rings. The van der Waals surface area contributed by atoms with Crippen LogP contribution in [-0.2, 0) is 9.59 Å². The summed E-state index contributed by atoms with van der Waals surface area (Å²) in [6, 6.07) is 0. The van der Waals surface area contributed by atoms with Crippen molar-refractivity contribution in [3.8, 4) is 0 Å². The molecule has 8 N–H and O–H groups in total. The maximum absolute atomic E-state index is 9.63. The predicted octanol–water partition coefficient (Wildman–Crippen LogP) is -7.65. The third kappa shape index (κ3) is 10.1. The normalized spacial score (nSPS) is 11.3. The number of aliphatic hydroxyl groups is 2. The van der Waals surface area contributed by atoms with E-state index in [1.54, 1.807) is 0 Å². The number of aliphatic carboxylic acids is 2. The first-order chi connectivity index (χ1) is 4.46. The van der Waals surface area contributed by atoms with Gasteiger partial charge in [-0.3, -0.25) is 0 Å². The number of hydrogen-bond donors (Lipinski definition) is 2. The summed E-state index contributed by atoms with van der Waals surface area (Å²) in [6.45, 7) is 0. The van der Waals surface area contributed by atoms with Crippen molar-refractivity contribution >= 4 is 49.7 Å². The van der Waals surface area contributed by atoms with E-state index in [2.05, 4.69) is 0 Å². The van der Waals surface area contributed by atoms with E-state index in [9.17, 15) is 19.8 Å². The van der Waals surface area contributed by atoms with Gasteiger partial charge in [0.1, 0.15) is 12.2 Å². The first-order valence-corrected chi connectivity index (χ1v) is 2.24. The Hall–Kier alpha value is -0.000260. The van der Waals surface area contributed by atoms with Crippen molar-refractivity contribution in [2.75, 3.05) is 0 Å². The predicted molar refractivity (Wildman–Crippen MR) is 38.6 cm³/mol. The monoisotopic (exact) mass is 242 g/mol. The number of carbonyl (C=O) groups excluding carboxylic acids is 2. The molecular weight excluding hydrogens is 232 g/mol. The van der Waals surface area contributed by atoms with Gasteiger partial charge in [-0.05, 0) is 0 Å². The summed E-state index contributed by atoms with van der Waals surface area (Å²) >= 11 is 0. The van der Waals surface area contributed by atoms with Gasteiger partial charge in [0.25, 0.3) is 0 Å². The van der Waals surface area contributed by atoms with Gasteiger partial charge in [0.2, 0.25) is 0 Å². The number of carbonyl (C=O) groups is 2. The van der Waals surface area contributed by atoms with Crippen LogP contribution in [0.15, 0.2) is 0 Å². The molecule has 0 unspecified atom stereocenters. The van der Waals surface area contributed by atoms with Crippen molar-refractivity contribution < 1.29 is 46.4 Å². The Morgan fingerprint density at radius 3 is 1.07 bits per heavy atom. The van der Waals surface area contributed by atoms with Gasteiger partial charge in [0.15, 0.2) is 0 Å². The molecular formula is C4H10CaO9. The Bertz CT molecular complexity index is 141. The van der Waals surface area contributed by atoms with Crippen molar-refractivity contribution in [1.29, 1.82) is 0 Å². The van der Waals surface area contributed by atoms with E-state index in [1.165, 1.54) is 0 Å². The van der Waals surface area contributed by atoms with Crippen LogP contribution in [-0.4, -0.2) is 88.5 Å². The summed E-state index contributed by atoms with van der Waals surface area (Å²) < 4.78 is 0. The largest absolute Gasteiger partial charge is 2.00 e. The minimum atomic E-state index is -2.44. The summed E-state index contributed by atoms with van der Waals surface area (Å²) in [5, 5.41) is 35.7. The van der Waals surface area contributed by atoms with Crippen LogP contribution in [0.25, 0.3) is 0 Å². The van der Waals surface area contributed by atoms with Gasteiger partial charge in [-0.1, -0.05) is 0 Å². The number of hydrogen-bond acceptors (Lipinski definition) is 6. The van der Waals surface area contributed by atoms with Gasteiger partial charge < -0.3 is 46.4 Å². The van der Waals surface area contributed by atoms with Gasteiger partial charge in [-0.15, -0.1) is 0 Å². The molecule has 14 heavy (non-hydrogen) atoms. The number of carboxylic acids is 2. The topological polar surface area (TPSA) is 215 Å². The second kappa shape index (κ2) is 13.0. The van der Waals surface area contributed by atoms with E-state index in [0.29, 0.717) is 0 Å². The molecule has 0 fully saturated rings. The van der Waals surface area contributed by atoms with Crippen molar-refractivity contribution in [3.63, 3.8) is 0 Å². The average Bonchev–Trinajstić information content (AvgIpc) is 1.84. The molecule has 0 saturated carbocycles. The van der Waals surface area contributed by atoms with Crippen molar-refractivity contribution in [2.24, 2.45) is 0 Å². The molecule has 82 valence electrons. The summed E-state index contributed by atoms with van der Waals surface area (Å²) in [5.41, 5.74) is 0. The molecule has 0 radical (unpaired) electrons. The maximum Gasteiger partial charge on any atom is 2.00 e. The third-order valence-corrected chi connectivity index (χ3v) is 0.782. The average molecular weight is 242 g/mol. The molecule has 0 bridgehead atoms. The van der Waals surface area contributed by atoms with Crippen LogP contribution in [0, 0.1) is 0 Å². The van der Waals surface area contributed by atoms with E-state index in [-0.39, 0.29) is 54.2 Å². The van der Waals surface area contributed by atoms with E-state index in [1.807, 2.05) is 0 Å². The Labute approximate surface area is 108 Å². The first kappa shape index (κ1) is 29.2. The SMILES string of the molecule is O.O.O.O=C([O-])[C@@H](O)[C@@H](O)C(=O)[O-].[Ca+2]. The van der Waals surface area contributed by atoms with Crippen molar-refractivity contribution in [3.05, 3.63) is 0 Å². The number of aliphatic hydroxyl groups excluding tert-OH is 2. The summed E-state index contributed by atoms with van der Waals surface area (Å²) in [5.74, 6) is -4.12. The van der Waals surface area contributed by atoms with E-state index >= 15 is 0 Å². The van der Waals surface area contributed by atoms with E-state index < -0.39 is 24.1 Å². The number of carboxylic acid groups (broad SMARTS) is 2.